The number of benzene rings is 1. The van der Waals surface area contributed by atoms with E-state index in [9.17, 15) is 8.42 Å². The van der Waals surface area contributed by atoms with E-state index in [1.165, 1.54) is 0 Å². The van der Waals surface area contributed by atoms with Crippen LogP contribution in [0.4, 0.5) is 5.69 Å². The van der Waals surface area contributed by atoms with Crippen LogP contribution in [0.3, 0.4) is 0 Å². The van der Waals surface area contributed by atoms with Crippen LogP contribution < -0.4 is 5.32 Å². The number of nitrogens with one attached hydrogen (secondary N) is 1. The monoisotopic (exact) mass is 371 g/mol. The first kappa shape index (κ1) is 14.0. The molecule has 0 saturated carbocycles. The lowest BCUT2D eigenvalue weighted by Gasteiger charge is -2.09. The Morgan fingerprint density at radius 2 is 1.81 bits per heavy atom. The van der Waals surface area contributed by atoms with Gasteiger partial charge >= 0.3 is 0 Å². The second-order valence-electron chi connectivity index (χ2n) is 3.28. The summed E-state index contributed by atoms with van der Waals surface area (Å²) in [6, 6.07) is 3.70. The van der Waals surface area contributed by atoms with Crippen molar-refractivity contribution in [3.8, 4) is 0 Å². The fourth-order valence-electron chi connectivity index (χ4n) is 1.07. The van der Waals surface area contributed by atoms with E-state index in [0.29, 0.717) is 0 Å². The zero-order valence-corrected chi connectivity index (χ0v) is 12.5. The highest BCUT2D eigenvalue weighted by Crippen LogP contribution is 2.28. The van der Waals surface area contributed by atoms with Crippen molar-refractivity contribution in [2.24, 2.45) is 0 Å². The summed E-state index contributed by atoms with van der Waals surface area (Å²) in [5.41, 5.74) is 1.85. The normalized spacial score (nSPS) is 11.5. The number of hydrogen-bond acceptors (Lipinski definition) is 3. The molecule has 0 unspecified atom stereocenters. The Morgan fingerprint density at radius 1 is 1.31 bits per heavy atom. The van der Waals surface area contributed by atoms with Gasteiger partial charge in [0.1, 0.15) is 0 Å². The Bertz CT molecular complexity index is 465. The van der Waals surface area contributed by atoms with Crippen molar-refractivity contribution in [2.45, 2.75) is 6.92 Å². The van der Waals surface area contributed by atoms with E-state index in [4.69, 9.17) is 4.55 Å². The van der Waals surface area contributed by atoms with Gasteiger partial charge in [0.05, 0.1) is 5.75 Å². The van der Waals surface area contributed by atoms with Crippen LogP contribution in [-0.4, -0.2) is 25.3 Å². The van der Waals surface area contributed by atoms with E-state index in [-0.39, 0.29) is 12.3 Å². The van der Waals surface area contributed by atoms with Crippen molar-refractivity contribution >= 4 is 47.7 Å². The summed E-state index contributed by atoms with van der Waals surface area (Å²) in [6.07, 6.45) is 0. The molecular weight excluding hydrogens is 362 g/mol. The maximum absolute atomic E-state index is 10.5. The standard InChI is InChI=1S/C9H11Br2NO3S/c1-6-8(10)4-7(5-9(6)11)12-2-3-16(13,14)15/h4-5,12H,2-3H2,1H3,(H,13,14,15). The van der Waals surface area contributed by atoms with Crippen LogP contribution in [-0.2, 0) is 10.1 Å². The summed E-state index contributed by atoms with van der Waals surface area (Å²) >= 11 is 6.78. The Kier molecular flexibility index (Phi) is 4.78. The molecule has 0 aliphatic carbocycles. The molecule has 4 nitrogen and oxygen atoms in total. The van der Waals surface area contributed by atoms with Crippen molar-refractivity contribution in [3.05, 3.63) is 26.6 Å². The Morgan fingerprint density at radius 3 is 2.25 bits per heavy atom. The zero-order valence-electron chi connectivity index (χ0n) is 8.50. The van der Waals surface area contributed by atoms with Gasteiger partial charge in [-0.05, 0) is 24.6 Å². The molecule has 0 saturated heterocycles. The third-order valence-electron chi connectivity index (χ3n) is 1.97. The molecule has 0 amide bonds. The first-order chi connectivity index (χ1) is 7.29. The van der Waals surface area contributed by atoms with Crippen molar-refractivity contribution < 1.29 is 13.0 Å². The Balaban J connectivity index is 2.69. The third-order valence-corrected chi connectivity index (χ3v) is 4.34. The SMILES string of the molecule is Cc1c(Br)cc(NCCS(=O)(=O)O)cc1Br. The molecule has 2 N–H and O–H groups in total. The molecule has 0 bridgehead atoms. The van der Waals surface area contributed by atoms with Gasteiger partial charge in [0.25, 0.3) is 10.1 Å². The molecular formula is C9H11Br2NO3S. The van der Waals surface area contributed by atoms with E-state index in [2.05, 4.69) is 37.2 Å². The minimum absolute atomic E-state index is 0.167. The second-order valence-corrected chi connectivity index (χ2v) is 6.56. The van der Waals surface area contributed by atoms with Gasteiger partial charge in [0, 0.05) is 21.2 Å². The molecule has 1 aromatic rings. The molecule has 1 rings (SSSR count). The molecule has 0 heterocycles. The summed E-state index contributed by atoms with van der Waals surface area (Å²) in [7, 11) is -3.91. The lowest BCUT2D eigenvalue weighted by molar-refractivity contribution is 0.484. The highest BCUT2D eigenvalue weighted by atomic mass is 79.9. The molecule has 0 spiro atoms. The smallest absolute Gasteiger partial charge is 0.266 e. The van der Waals surface area contributed by atoms with Crippen LogP contribution in [0.15, 0.2) is 21.1 Å². The van der Waals surface area contributed by atoms with Crippen LogP contribution in [0.25, 0.3) is 0 Å². The molecule has 0 fully saturated rings. The van der Waals surface area contributed by atoms with E-state index in [1.807, 2.05) is 19.1 Å². The largest absolute Gasteiger partial charge is 0.384 e. The zero-order chi connectivity index (χ0) is 12.3. The van der Waals surface area contributed by atoms with Crippen molar-refractivity contribution in [3.63, 3.8) is 0 Å². The van der Waals surface area contributed by atoms with Crippen LogP contribution in [0.1, 0.15) is 5.56 Å². The van der Waals surface area contributed by atoms with Crippen molar-refractivity contribution in [1.29, 1.82) is 0 Å². The average Bonchev–Trinajstić information content (AvgIpc) is 2.12. The molecule has 7 heteroatoms. The molecule has 0 radical (unpaired) electrons. The third kappa shape index (κ3) is 4.40. The molecule has 0 atom stereocenters. The van der Waals surface area contributed by atoms with Gasteiger partial charge in [-0.2, -0.15) is 8.42 Å². The number of hydrogen-bond donors (Lipinski definition) is 2. The maximum atomic E-state index is 10.5. The van der Waals surface area contributed by atoms with Gasteiger partial charge in [-0.3, -0.25) is 4.55 Å². The van der Waals surface area contributed by atoms with E-state index >= 15 is 0 Å². The Labute approximate surface area is 111 Å². The fourth-order valence-corrected chi connectivity index (χ4v) is 2.62. The van der Waals surface area contributed by atoms with Crippen molar-refractivity contribution in [2.75, 3.05) is 17.6 Å². The summed E-state index contributed by atoms with van der Waals surface area (Å²) in [5, 5.41) is 2.91. The fraction of sp³-hybridized carbons (Fsp3) is 0.333. The number of halogens is 2. The van der Waals surface area contributed by atoms with E-state index in [1.54, 1.807) is 0 Å². The first-order valence-corrected chi connectivity index (χ1v) is 7.64. The van der Waals surface area contributed by atoms with Crippen LogP contribution >= 0.6 is 31.9 Å². The predicted molar refractivity (Wildman–Crippen MR) is 71.5 cm³/mol. The summed E-state index contributed by atoms with van der Waals surface area (Å²) in [6.45, 7) is 2.12. The predicted octanol–water partition coefficient (Wildman–Crippen LogP) is 2.82. The topological polar surface area (TPSA) is 66.4 Å². The molecule has 1 aromatic carbocycles. The highest BCUT2D eigenvalue weighted by molar-refractivity contribution is 9.11. The molecule has 90 valence electrons. The number of rotatable bonds is 4. The summed E-state index contributed by atoms with van der Waals surface area (Å²) in [5.74, 6) is -0.309. The van der Waals surface area contributed by atoms with E-state index < -0.39 is 10.1 Å². The van der Waals surface area contributed by atoms with Gasteiger partial charge < -0.3 is 5.32 Å². The lowest BCUT2D eigenvalue weighted by atomic mass is 10.2. The summed E-state index contributed by atoms with van der Waals surface area (Å²) in [4.78, 5) is 0. The molecule has 0 aliphatic rings. The van der Waals surface area contributed by atoms with E-state index in [0.717, 1.165) is 20.2 Å². The maximum Gasteiger partial charge on any atom is 0.266 e. The summed E-state index contributed by atoms with van der Waals surface area (Å²) < 4.78 is 31.4. The molecule has 0 aromatic heterocycles. The quantitative estimate of drug-likeness (QED) is 0.797. The van der Waals surface area contributed by atoms with Crippen molar-refractivity contribution in [1.82, 2.24) is 0 Å². The van der Waals surface area contributed by atoms with Crippen LogP contribution in [0, 0.1) is 6.92 Å². The first-order valence-electron chi connectivity index (χ1n) is 4.44. The second kappa shape index (κ2) is 5.48. The minimum atomic E-state index is -3.91. The average molecular weight is 373 g/mol. The molecule has 16 heavy (non-hydrogen) atoms. The van der Waals surface area contributed by atoms with Gasteiger partial charge in [-0.15, -0.1) is 0 Å². The van der Waals surface area contributed by atoms with Gasteiger partial charge in [0.15, 0.2) is 0 Å². The highest BCUT2D eigenvalue weighted by Gasteiger charge is 2.06. The minimum Gasteiger partial charge on any atom is -0.384 e. The lowest BCUT2D eigenvalue weighted by Crippen LogP contribution is -2.14. The van der Waals surface area contributed by atoms with Crippen LogP contribution in [0.5, 0.6) is 0 Å². The van der Waals surface area contributed by atoms with Gasteiger partial charge in [-0.25, -0.2) is 0 Å². The molecule has 0 aliphatic heterocycles. The van der Waals surface area contributed by atoms with Gasteiger partial charge in [-0.1, -0.05) is 31.9 Å². The van der Waals surface area contributed by atoms with Gasteiger partial charge in [0.2, 0.25) is 0 Å². The van der Waals surface area contributed by atoms with Crippen LogP contribution in [0.2, 0.25) is 0 Å². The number of anilines is 1. The Hall–Kier alpha value is -0.110.